The molecule has 0 bridgehead atoms. The minimum Gasteiger partial charge on any atom is -0.311 e. The number of rotatable bonds is 5. The predicted molar refractivity (Wildman–Crippen MR) is 70.5 cm³/mol. The minimum absolute atomic E-state index is 0.799. The van der Waals surface area contributed by atoms with Crippen LogP contribution >= 0.6 is 0 Å². The van der Waals surface area contributed by atoms with E-state index in [1.165, 1.54) is 44.9 Å². The van der Waals surface area contributed by atoms with E-state index in [0.29, 0.717) is 0 Å². The molecule has 1 heteroatoms. The van der Waals surface area contributed by atoms with E-state index in [9.17, 15) is 0 Å². The van der Waals surface area contributed by atoms with Crippen LogP contribution < -0.4 is 5.32 Å². The maximum absolute atomic E-state index is 3.95. The zero-order valence-electron chi connectivity index (χ0n) is 11.3. The topological polar surface area (TPSA) is 12.0 Å². The van der Waals surface area contributed by atoms with E-state index < -0.39 is 0 Å². The lowest BCUT2D eigenvalue weighted by molar-refractivity contribution is 0.207. The van der Waals surface area contributed by atoms with Gasteiger partial charge in [-0.15, -0.1) is 0 Å². The van der Waals surface area contributed by atoms with Crippen molar-refractivity contribution in [3.8, 4) is 0 Å². The van der Waals surface area contributed by atoms with Crippen LogP contribution in [0.5, 0.6) is 0 Å². The van der Waals surface area contributed by atoms with Crippen LogP contribution in [0.2, 0.25) is 0 Å². The molecule has 0 aromatic rings. The summed E-state index contributed by atoms with van der Waals surface area (Å²) in [7, 11) is 0. The standard InChI is InChI=1S/C15H29N/c1-4-14(10-13-6-7-13)16-15-8-5-11(2)9-12(15)3/h11-16H,4-10H2,1-3H3. The highest BCUT2D eigenvalue weighted by Crippen LogP contribution is 2.35. The Morgan fingerprint density at radius 3 is 2.44 bits per heavy atom. The van der Waals surface area contributed by atoms with E-state index >= 15 is 0 Å². The maximum Gasteiger partial charge on any atom is 0.00954 e. The van der Waals surface area contributed by atoms with Crippen LogP contribution in [-0.2, 0) is 0 Å². The Balaban J connectivity index is 1.77. The van der Waals surface area contributed by atoms with E-state index in [4.69, 9.17) is 0 Å². The molecule has 2 saturated carbocycles. The summed E-state index contributed by atoms with van der Waals surface area (Å²) in [6.07, 6.45) is 10.0. The van der Waals surface area contributed by atoms with Crippen molar-refractivity contribution >= 4 is 0 Å². The summed E-state index contributed by atoms with van der Waals surface area (Å²) < 4.78 is 0. The Labute approximate surface area is 101 Å². The van der Waals surface area contributed by atoms with Gasteiger partial charge in [0, 0.05) is 12.1 Å². The van der Waals surface area contributed by atoms with Crippen molar-refractivity contribution < 1.29 is 0 Å². The third-order valence-corrected chi connectivity index (χ3v) is 4.69. The first-order valence-corrected chi connectivity index (χ1v) is 7.45. The second kappa shape index (κ2) is 5.53. The van der Waals surface area contributed by atoms with Gasteiger partial charge in [-0.2, -0.15) is 0 Å². The van der Waals surface area contributed by atoms with Gasteiger partial charge in [0.15, 0.2) is 0 Å². The number of hydrogen-bond acceptors (Lipinski definition) is 1. The molecule has 4 atom stereocenters. The molecule has 0 amide bonds. The summed E-state index contributed by atoms with van der Waals surface area (Å²) in [5.41, 5.74) is 0. The summed E-state index contributed by atoms with van der Waals surface area (Å²) >= 11 is 0. The molecule has 2 rings (SSSR count). The lowest BCUT2D eigenvalue weighted by Gasteiger charge is -2.36. The van der Waals surface area contributed by atoms with Gasteiger partial charge in [-0.3, -0.25) is 0 Å². The molecule has 16 heavy (non-hydrogen) atoms. The lowest BCUT2D eigenvalue weighted by Crippen LogP contribution is -2.44. The first-order chi connectivity index (χ1) is 7.69. The summed E-state index contributed by atoms with van der Waals surface area (Å²) in [6, 6.07) is 1.60. The molecule has 0 aromatic heterocycles. The van der Waals surface area contributed by atoms with Gasteiger partial charge in [-0.05, 0) is 49.9 Å². The van der Waals surface area contributed by atoms with E-state index in [-0.39, 0.29) is 0 Å². The Morgan fingerprint density at radius 1 is 1.12 bits per heavy atom. The molecule has 0 radical (unpaired) electrons. The van der Waals surface area contributed by atoms with Gasteiger partial charge in [-0.25, -0.2) is 0 Å². The highest BCUT2D eigenvalue weighted by Gasteiger charge is 2.29. The Kier molecular flexibility index (Phi) is 4.29. The van der Waals surface area contributed by atoms with Gasteiger partial charge in [0.1, 0.15) is 0 Å². The van der Waals surface area contributed by atoms with Crippen LogP contribution in [0.1, 0.15) is 65.7 Å². The van der Waals surface area contributed by atoms with Gasteiger partial charge in [0.2, 0.25) is 0 Å². The number of nitrogens with one attached hydrogen (secondary N) is 1. The summed E-state index contributed by atoms with van der Waals surface area (Å²) in [5, 5.41) is 3.95. The molecule has 1 nitrogen and oxygen atoms in total. The van der Waals surface area contributed by atoms with Gasteiger partial charge < -0.3 is 5.32 Å². The van der Waals surface area contributed by atoms with Crippen molar-refractivity contribution in [3.05, 3.63) is 0 Å². The second-order valence-electron chi connectivity index (χ2n) is 6.45. The van der Waals surface area contributed by atoms with Gasteiger partial charge >= 0.3 is 0 Å². The van der Waals surface area contributed by atoms with Crippen molar-refractivity contribution in [2.45, 2.75) is 77.8 Å². The highest BCUT2D eigenvalue weighted by atomic mass is 15.0. The fraction of sp³-hybridized carbons (Fsp3) is 1.00. The molecule has 0 heterocycles. The zero-order valence-corrected chi connectivity index (χ0v) is 11.3. The molecular weight excluding hydrogens is 194 g/mol. The van der Waals surface area contributed by atoms with Crippen molar-refractivity contribution in [2.24, 2.45) is 17.8 Å². The van der Waals surface area contributed by atoms with E-state index in [0.717, 1.165) is 29.8 Å². The van der Waals surface area contributed by atoms with E-state index in [2.05, 4.69) is 26.1 Å². The van der Waals surface area contributed by atoms with Crippen LogP contribution in [-0.4, -0.2) is 12.1 Å². The molecular formula is C15H29N. The summed E-state index contributed by atoms with van der Waals surface area (Å²) in [4.78, 5) is 0. The van der Waals surface area contributed by atoms with Crippen LogP contribution in [0.4, 0.5) is 0 Å². The van der Waals surface area contributed by atoms with E-state index in [1.807, 2.05) is 0 Å². The Hall–Kier alpha value is -0.0400. The summed E-state index contributed by atoms with van der Waals surface area (Å²) in [6.45, 7) is 7.20. The fourth-order valence-corrected chi connectivity index (χ4v) is 3.32. The van der Waals surface area contributed by atoms with Crippen LogP contribution in [0.25, 0.3) is 0 Å². The van der Waals surface area contributed by atoms with Crippen LogP contribution in [0, 0.1) is 17.8 Å². The third kappa shape index (κ3) is 3.48. The maximum atomic E-state index is 3.95. The SMILES string of the molecule is CCC(CC1CC1)NC1CCC(C)CC1C. The molecule has 4 unspecified atom stereocenters. The molecule has 2 aliphatic carbocycles. The van der Waals surface area contributed by atoms with Gasteiger partial charge in [0.25, 0.3) is 0 Å². The Morgan fingerprint density at radius 2 is 1.88 bits per heavy atom. The van der Waals surface area contributed by atoms with Crippen molar-refractivity contribution in [1.82, 2.24) is 5.32 Å². The molecule has 0 spiro atoms. The van der Waals surface area contributed by atoms with Crippen molar-refractivity contribution in [2.75, 3.05) is 0 Å². The molecule has 2 fully saturated rings. The monoisotopic (exact) mass is 223 g/mol. The average Bonchev–Trinajstić information content (AvgIpc) is 3.04. The highest BCUT2D eigenvalue weighted by molar-refractivity contribution is 4.86. The van der Waals surface area contributed by atoms with E-state index in [1.54, 1.807) is 0 Å². The van der Waals surface area contributed by atoms with Gasteiger partial charge in [0.05, 0.1) is 0 Å². The van der Waals surface area contributed by atoms with Crippen molar-refractivity contribution in [3.63, 3.8) is 0 Å². The molecule has 2 aliphatic rings. The zero-order chi connectivity index (χ0) is 11.5. The largest absolute Gasteiger partial charge is 0.311 e. The number of hydrogen-bond donors (Lipinski definition) is 1. The fourth-order valence-electron chi connectivity index (χ4n) is 3.32. The van der Waals surface area contributed by atoms with Crippen LogP contribution in [0.15, 0.2) is 0 Å². The molecule has 0 saturated heterocycles. The van der Waals surface area contributed by atoms with Crippen molar-refractivity contribution in [1.29, 1.82) is 0 Å². The average molecular weight is 223 g/mol. The second-order valence-corrected chi connectivity index (χ2v) is 6.45. The molecule has 1 N–H and O–H groups in total. The Bertz CT molecular complexity index is 209. The summed E-state index contributed by atoms with van der Waals surface area (Å²) in [5.74, 6) is 2.91. The smallest absolute Gasteiger partial charge is 0.00954 e. The normalized spacial score (nSPS) is 37.3. The first-order valence-electron chi connectivity index (χ1n) is 7.45. The predicted octanol–water partition coefficient (Wildman–Crippen LogP) is 3.98. The first kappa shape index (κ1) is 12.4. The molecule has 0 aromatic carbocycles. The third-order valence-electron chi connectivity index (χ3n) is 4.69. The van der Waals surface area contributed by atoms with Crippen LogP contribution in [0.3, 0.4) is 0 Å². The lowest BCUT2D eigenvalue weighted by atomic mass is 9.79. The minimum atomic E-state index is 0.799. The quantitative estimate of drug-likeness (QED) is 0.743. The molecule has 0 aliphatic heterocycles. The van der Waals surface area contributed by atoms with Gasteiger partial charge in [-0.1, -0.05) is 33.6 Å². The molecule has 94 valence electrons.